The molecule has 0 radical (unpaired) electrons. The number of anilines is 3. The predicted octanol–water partition coefficient (Wildman–Crippen LogP) is 4.77. The van der Waals surface area contributed by atoms with Crippen molar-refractivity contribution in [2.45, 2.75) is 6.61 Å². The Labute approximate surface area is 187 Å². The Kier molecular flexibility index (Phi) is 5.29. The number of rotatable bonds is 6. The SMILES string of the molecule is Nc1nc(Nc2ccc(Oc3ccnc4[nH]ccc34)c(F)c2)cc(-c2ccc(CO)cc2)n1. The molecule has 0 saturated carbocycles. The summed E-state index contributed by atoms with van der Waals surface area (Å²) in [6.07, 6.45) is 3.34. The minimum absolute atomic E-state index is 0.0402. The fraction of sp³-hybridized carbons (Fsp3) is 0.0417. The van der Waals surface area contributed by atoms with Crippen LogP contribution in [-0.4, -0.2) is 25.0 Å². The standard InChI is InChI=1S/C24H19FN6O2/c25-18-11-16(5-6-21(18)33-20-8-10-28-23-17(20)7-9-27-23)29-22-12-19(30-24(26)31-22)15-3-1-14(13-32)2-4-15/h1-12,32H,13H2,(H,27,28)(H3,26,29,30,31). The quantitative estimate of drug-likeness (QED) is 0.299. The molecule has 0 unspecified atom stereocenters. The van der Waals surface area contributed by atoms with E-state index in [1.54, 1.807) is 42.7 Å². The number of ether oxygens (including phenoxy) is 1. The van der Waals surface area contributed by atoms with Crippen molar-refractivity contribution >= 4 is 28.5 Å². The van der Waals surface area contributed by atoms with E-state index < -0.39 is 5.82 Å². The number of halogens is 1. The van der Waals surface area contributed by atoms with Crippen LogP contribution in [0.15, 0.2) is 73.1 Å². The summed E-state index contributed by atoms with van der Waals surface area (Å²) in [6, 6.07) is 17.0. The number of hydrogen-bond donors (Lipinski definition) is 4. The summed E-state index contributed by atoms with van der Waals surface area (Å²) < 4.78 is 20.6. The van der Waals surface area contributed by atoms with E-state index in [1.165, 1.54) is 12.1 Å². The van der Waals surface area contributed by atoms with Gasteiger partial charge in [-0.2, -0.15) is 4.98 Å². The number of aromatic amines is 1. The average molecular weight is 442 g/mol. The number of H-pyrrole nitrogens is 1. The van der Waals surface area contributed by atoms with Gasteiger partial charge in [-0.05, 0) is 29.8 Å². The maximum Gasteiger partial charge on any atom is 0.222 e. The van der Waals surface area contributed by atoms with Gasteiger partial charge in [0.2, 0.25) is 5.95 Å². The van der Waals surface area contributed by atoms with Crippen LogP contribution in [0.2, 0.25) is 0 Å². The van der Waals surface area contributed by atoms with Crippen LogP contribution >= 0.6 is 0 Å². The van der Waals surface area contributed by atoms with Gasteiger partial charge in [0.1, 0.15) is 17.2 Å². The van der Waals surface area contributed by atoms with Crippen molar-refractivity contribution in [3.63, 3.8) is 0 Å². The minimum Gasteiger partial charge on any atom is -0.453 e. The second-order valence-corrected chi connectivity index (χ2v) is 7.27. The van der Waals surface area contributed by atoms with E-state index in [1.807, 2.05) is 18.2 Å². The Balaban J connectivity index is 1.38. The average Bonchev–Trinajstić information content (AvgIpc) is 3.30. The second kappa shape index (κ2) is 8.56. The molecule has 33 heavy (non-hydrogen) atoms. The third kappa shape index (κ3) is 4.30. The fourth-order valence-corrected chi connectivity index (χ4v) is 3.41. The van der Waals surface area contributed by atoms with E-state index in [9.17, 15) is 9.50 Å². The third-order valence-corrected chi connectivity index (χ3v) is 5.02. The molecule has 3 aromatic heterocycles. The molecule has 8 nitrogen and oxygen atoms in total. The molecule has 0 aliphatic rings. The summed E-state index contributed by atoms with van der Waals surface area (Å²) >= 11 is 0. The smallest absolute Gasteiger partial charge is 0.222 e. The van der Waals surface area contributed by atoms with Gasteiger partial charge in [0, 0.05) is 35.8 Å². The molecule has 0 aliphatic heterocycles. The topological polar surface area (TPSA) is 122 Å². The molecule has 5 aromatic rings. The number of aliphatic hydroxyl groups is 1. The molecule has 5 N–H and O–H groups in total. The Hall–Kier alpha value is -4.50. The van der Waals surface area contributed by atoms with Crippen LogP contribution in [0.1, 0.15) is 5.56 Å². The summed E-state index contributed by atoms with van der Waals surface area (Å²) in [5.41, 5.74) is 9.22. The van der Waals surface area contributed by atoms with Gasteiger partial charge in [0.15, 0.2) is 11.6 Å². The lowest BCUT2D eigenvalue weighted by atomic mass is 10.1. The van der Waals surface area contributed by atoms with Gasteiger partial charge in [0.05, 0.1) is 17.7 Å². The van der Waals surface area contributed by atoms with Gasteiger partial charge in [-0.3, -0.25) is 0 Å². The van der Waals surface area contributed by atoms with E-state index in [2.05, 4.69) is 25.3 Å². The van der Waals surface area contributed by atoms with Crippen LogP contribution in [-0.2, 0) is 6.61 Å². The van der Waals surface area contributed by atoms with Gasteiger partial charge in [-0.1, -0.05) is 24.3 Å². The number of fused-ring (bicyclic) bond motifs is 1. The first kappa shape index (κ1) is 20.4. The molecule has 9 heteroatoms. The zero-order valence-electron chi connectivity index (χ0n) is 17.3. The van der Waals surface area contributed by atoms with E-state index >= 15 is 0 Å². The number of aromatic nitrogens is 4. The number of aliphatic hydroxyl groups excluding tert-OH is 1. The van der Waals surface area contributed by atoms with E-state index in [-0.39, 0.29) is 18.3 Å². The molecule has 164 valence electrons. The molecular formula is C24H19FN6O2. The summed E-state index contributed by atoms with van der Waals surface area (Å²) in [6.45, 7) is -0.0402. The summed E-state index contributed by atoms with van der Waals surface area (Å²) in [5.74, 6) is 0.541. The predicted molar refractivity (Wildman–Crippen MR) is 124 cm³/mol. The molecule has 0 bridgehead atoms. The maximum atomic E-state index is 14.8. The fourth-order valence-electron chi connectivity index (χ4n) is 3.41. The molecular weight excluding hydrogens is 423 g/mol. The first-order valence-electron chi connectivity index (χ1n) is 10.1. The van der Waals surface area contributed by atoms with Crippen molar-refractivity contribution in [2.75, 3.05) is 11.1 Å². The highest BCUT2D eigenvalue weighted by Crippen LogP contribution is 2.32. The van der Waals surface area contributed by atoms with Crippen molar-refractivity contribution in [3.05, 3.63) is 84.4 Å². The number of nitrogen functional groups attached to an aromatic ring is 1. The highest BCUT2D eigenvalue weighted by atomic mass is 19.1. The third-order valence-electron chi connectivity index (χ3n) is 5.02. The van der Waals surface area contributed by atoms with Crippen molar-refractivity contribution in [1.29, 1.82) is 0 Å². The summed E-state index contributed by atoms with van der Waals surface area (Å²) in [7, 11) is 0. The molecule has 0 spiro atoms. The van der Waals surface area contributed by atoms with E-state index in [0.717, 1.165) is 16.5 Å². The van der Waals surface area contributed by atoms with Gasteiger partial charge >= 0.3 is 0 Å². The maximum absolute atomic E-state index is 14.8. The molecule has 5 rings (SSSR count). The number of hydrogen-bond acceptors (Lipinski definition) is 7. The first-order valence-corrected chi connectivity index (χ1v) is 10.1. The Morgan fingerprint density at radius 2 is 1.85 bits per heavy atom. The molecule has 0 saturated heterocycles. The zero-order valence-corrected chi connectivity index (χ0v) is 17.3. The van der Waals surface area contributed by atoms with Crippen LogP contribution < -0.4 is 15.8 Å². The normalized spacial score (nSPS) is 11.0. The number of nitrogens with zero attached hydrogens (tertiary/aromatic N) is 3. The van der Waals surface area contributed by atoms with Gasteiger partial charge in [-0.15, -0.1) is 0 Å². The Morgan fingerprint density at radius 1 is 1.00 bits per heavy atom. The van der Waals surface area contributed by atoms with Gasteiger partial charge in [0.25, 0.3) is 0 Å². The second-order valence-electron chi connectivity index (χ2n) is 7.27. The lowest BCUT2D eigenvalue weighted by molar-refractivity contribution is 0.282. The monoisotopic (exact) mass is 442 g/mol. The minimum atomic E-state index is -0.539. The molecule has 0 fully saturated rings. The zero-order chi connectivity index (χ0) is 22.8. The molecule has 0 aliphatic carbocycles. The first-order chi connectivity index (χ1) is 16.1. The summed E-state index contributed by atoms with van der Waals surface area (Å²) in [4.78, 5) is 15.6. The van der Waals surface area contributed by atoms with Crippen LogP contribution in [0.25, 0.3) is 22.3 Å². The Bertz CT molecular complexity index is 1440. The van der Waals surface area contributed by atoms with Crippen molar-refractivity contribution in [1.82, 2.24) is 19.9 Å². The molecule has 3 heterocycles. The largest absolute Gasteiger partial charge is 0.453 e. The van der Waals surface area contributed by atoms with Crippen LogP contribution in [0.5, 0.6) is 11.5 Å². The van der Waals surface area contributed by atoms with E-state index in [4.69, 9.17) is 10.5 Å². The van der Waals surface area contributed by atoms with E-state index in [0.29, 0.717) is 28.6 Å². The van der Waals surface area contributed by atoms with Crippen molar-refractivity contribution < 1.29 is 14.2 Å². The number of nitrogens with one attached hydrogen (secondary N) is 2. The molecule has 2 aromatic carbocycles. The van der Waals surface area contributed by atoms with Crippen molar-refractivity contribution in [3.8, 4) is 22.8 Å². The number of pyridine rings is 1. The van der Waals surface area contributed by atoms with Crippen molar-refractivity contribution in [2.24, 2.45) is 0 Å². The van der Waals surface area contributed by atoms with Crippen LogP contribution in [0, 0.1) is 5.82 Å². The highest BCUT2D eigenvalue weighted by molar-refractivity contribution is 5.82. The Morgan fingerprint density at radius 3 is 2.64 bits per heavy atom. The highest BCUT2D eigenvalue weighted by Gasteiger charge is 2.11. The lowest BCUT2D eigenvalue weighted by Gasteiger charge is -2.11. The van der Waals surface area contributed by atoms with Gasteiger partial charge < -0.3 is 25.9 Å². The lowest BCUT2D eigenvalue weighted by Crippen LogP contribution is -2.02. The van der Waals surface area contributed by atoms with Crippen LogP contribution in [0.4, 0.5) is 21.8 Å². The molecule has 0 amide bonds. The van der Waals surface area contributed by atoms with Crippen LogP contribution in [0.3, 0.4) is 0 Å². The number of nitrogens with two attached hydrogens (primary N) is 1. The summed E-state index contributed by atoms with van der Waals surface area (Å²) in [5, 5.41) is 13.0. The van der Waals surface area contributed by atoms with Gasteiger partial charge in [-0.25, -0.2) is 14.4 Å². The molecule has 0 atom stereocenters. The number of benzene rings is 2.